The number of ether oxygens (including phenoxy) is 2. The average molecular weight is 179 g/mol. The van der Waals surface area contributed by atoms with E-state index in [-0.39, 0.29) is 6.79 Å². The number of hydrogen-bond acceptors (Lipinski definition) is 4. The Bertz CT molecular complexity index is 334. The highest BCUT2D eigenvalue weighted by Crippen LogP contribution is 2.30. The number of fused-ring (bicyclic) bond motifs is 1. The van der Waals surface area contributed by atoms with Gasteiger partial charge in [-0.15, -0.1) is 0 Å². The Hall–Kier alpha value is -1.55. The first-order valence-electron chi connectivity index (χ1n) is 3.83. The van der Waals surface area contributed by atoms with Gasteiger partial charge in [0, 0.05) is 5.56 Å². The van der Waals surface area contributed by atoms with Crippen LogP contribution in [0.2, 0.25) is 0 Å². The molecule has 1 aliphatic heterocycles. The minimum Gasteiger partial charge on any atom is -0.547 e. The Balaban J connectivity index is 2.42. The van der Waals surface area contributed by atoms with Gasteiger partial charge in [-0.05, 0) is 6.07 Å². The first-order chi connectivity index (χ1) is 6.29. The van der Waals surface area contributed by atoms with Crippen molar-refractivity contribution < 1.29 is 19.4 Å². The molecule has 0 radical (unpaired) electrons. The van der Waals surface area contributed by atoms with Crippen LogP contribution in [0, 0.1) is 0 Å². The van der Waals surface area contributed by atoms with Crippen LogP contribution >= 0.6 is 0 Å². The van der Waals surface area contributed by atoms with Gasteiger partial charge in [0.1, 0.15) is 11.9 Å². The fourth-order valence-electron chi connectivity index (χ4n) is 1.28. The van der Waals surface area contributed by atoms with Gasteiger partial charge in [-0.3, -0.25) is 0 Å². The van der Waals surface area contributed by atoms with Crippen molar-refractivity contribution in [2.45, 2.75) is 6.10 Å². The molecule has 1 heterocycles. The maximum atomic E-state index is 10.6. The molecule has 13 heavy (non-hydrogen) atoms. The van der Waals surface area contributed by atoms with Crippen molar-refractivity contribution in [3.05, 3.63) is 29.8 Å². The molecule has 0 bridgehead atoms. The van der Waals surface area contributed by atoms with E-state index in [9.17, 15) is 9.90 Å². The summed E-state index contributed by atoms with van der Waals surface area (Å²) in [5.74, 6) is -0.696. The van der Waals surface area contributed by atoms with E-state index in [1.54, 1.807) is 24.3 Å². The minimum absolute atomic E-state index is 0.0460. The third-order valence-electron chi connectivity index (χ3n) is 1.86. The SMILES string of the molecule is O=C([O-])[C@@H]1OCOc2ccccc21. The van der Waals surface area contributed by atoms with Gasteiger partial charge in [-0.2, -0.15) is 0 Å². The molecule has 0 unspecified atom stereocenters. The third-order valence-corrected chi connectivity index (χ3v) is 1.86. The summed E-state index contributed by atoms with van der Waals surface area (Å²) >= 11 is 0. The number of carbonyl (C=O) groups excluding carboxylic acids is 1. The molecule has 0 aromatic heterocycles. The van der Waals surface area contributed by atoms with Crippen molar-refractivity contribution in [2.24, 2.45) is 0 Å². The molecule has 4 heteroatoms. The van der Waals surface area contributed by atoms with Crippen molar-refractivity contribution in [1.29, 1.82) is 0 Å². The third kappa shape index (κ3) is 1.36. The van der Waals surface area contributed by atoms with Crippen molar-refractivity contribution in [2.75, 3.05) is 6.79 Å². The molecule has 68 valence electrons. The zero-order valence-corrected chi connectivity index (χ0v) is 6.73. The van der Waals surface area contributed by atoms with Crippen molar-refractivity contribution in [3.63, 3.8) is 0 Å². The summed E-state index contributed by atoms with van der Waals surface area (Å²) in [7, 11) is 0. The number of para-hydroxylation sites is 1. The summed E-state index contributed by atoms with van der Waals surface area (Å²) in [6, 6.07) is 6.85. The molecule has 0 spiro atoms. The summed E-state index contributed by atoms with van der Waals surface area (Å²) in [4.78, 5) is 10.6. The maximum Gasteiger partial charge on any atom is 0.190 e. The Labute approximate surface area is 74.7 Å². The van der Waals surface area contributed by atoms with Crippen LogP contribution in [0.4, 0.5) is 0 Å². The highest BCUT2D eigenvalue weighted by atomic mass is 16.7. The van der Waals surface area contributed by atoms with E-state index in [1.165, 1.54) is 0 Å². The molecule has 4 nitrogen and oxygen atoms in total. The number of hydrogen-bond donors (Lipinski definition) is 0. The Kier molecular flexibility index (Phi) is 1.90. The first-order valence-corrected chi connectivity index (χ1v) is 3.83. The van der Waals surface area contributed by atoms with Crippen LogP contribution in [0.5, 0.6) is 5.75 Å². The first kappa shape index (κ1) is 8.07. The number of carbonyl (C=O) groups is 1. The summed E-state index contributed by atoms with van der Waals surface area (Å²) in [6.45, 7) is -0.0460. The molecular weight excluding hydrogens is 172 g/mol. The van der Waals surface area contributed by atoms with Gasteiger partial charge in [-0.25, -0.2) is 0 Å². The molecule has 2 rings (SSSR count). The van der Waals surface area contributed by atoms with Crippen LogP contribution in [0.25, 0.3) is 0 Å². The van der Waals surface area contributed by atoms with Gasteiger partial charge >= 0.3 is 0 Å². The minimum atomic E-state index is -1.24. The Morgan fingerprint density at radius 1 is 1.46 bits per heavy atom. The van der Waals surface area contributed by atoms with Crippen molar-refractivity contribution in [1.82, 2.24) is 0 Å². The lowest BCUT2D eigenvalue weighted by molar-refractivity contribution is -0.320. The van der Waals surface area contributed by atoms with Crippen LogP contribution in [0.3, 0.4) is 0 Å². The molecular formula is C9H7O4-. The molecule has 0 amide bonds. The van der Waals surface area contributed by atoms with E-state index in [4.69, 9.17) is 9.47 Å². The lowest BCUT2D eigenvalue weighted by Gasteiger charge is -2.26. The Morgan fingerprint density at radius 3 is 3.00 bits per heavy atom. The molecule has 1 atom stereocenters. The van der Waals surface area contributed by atoms with Crippen LogP contribution in [-0.2, 0) is 9.53 Å². The Morgan fingerprint density at radius 2 is 2.23 bits per heavy atom. The van der Waals surface area contributed by atoms with Gasteiger partial charge in [-0.1, -0.05) is 18.2 Å². The summed E-state index contributed by atoms with van der Waals surface area (Å²) in [5.41, 5.74) is 0.508. The summed E-state index contributed by atoms with van der Waals surface area (Å²) in [5, 5.41) is 10.6. The second-order valence-corrected chi connectivity index (χ2v) is 2.67. The van der Waals surface area contributed by atoms with E-state index in [0.717, 1.165) is 0 Å². The van der Waals surface area contributed by atoms with Gasteiger partial charge in [0.15, 0.2) is 6.79 Å². The van der Waals surface area contributed by atoms with E-state index in [2.05, 4.69) is 0 Å². The van der Waals surface area contributed by atoms with E-state index < -0.39 is 12.1 Å². The van der Waals surface area contributed by atoms with Crippen molar-refractivity contribution in [3.8, 4) is 5.75 Å². The normalized spacial score (nSPS) is 20.2. The van der Waals surface area contributed by atoms with E-state index >= 15 is 0 Å². The second-order valence-electron chi connectivity index (χ2n) is 2.67. The summed E-state index contributed by atoms with van der Waals surface area (Å²) in [6.07, 6.45) is -1.01. The lowest BCUT2D eigenvalue weighted by atomic mass is 10.1. The summed E-state index contributed by atoms with van der Waals surface area (Å²) < 4.78 is 9.97. The highest BCUT2D eigenvalue weighted by molar-refractivity contribution is 5.73. The molecule has 1 aromatic rings. The fourth-order valence-corrected chi connectivity index (χ4v) is 1.28. The van der Waals surface area contributed by atoms with Crippen LogP contribution in [-0.4, -0.2) is 12.8 Å². The van der Waals surface area contributed by atoms with Crippen LogP contribution in [0.15, 0.2) is 24.3 Å². The molecule has 0 saturated heterocycles. The zero-order chi connectivity index (χ0) is 9.26. The number of carboxylic acids is 1. The largest absolute Gasteiger partial charge is 0.547 e. The lowest BCUT2D eigenvalue weighted by Crippen LogP contribution is -2.34. The molecule has 0 fully saturated rings. The molecule has 1 aliphatic rings. The van der Waals surface area contributed by atoms with Gasteiger partial charge in [0.2, 0.25) is 0 Å². The molecule has 1 aromatic carbocycles. The highest BCUT2D eigenvalue weighted by Gasteiger charge is 2.22. The molecule has 0 N–H and O–H groups in total. The van der Waals surface area contributed by atoms with Gasteiger partial charge in [0.25, 0.3) is 0 Å². The molecule has 0 saturated carbocycles. The second kappa shape index (κ2) is 3.06. The van der Waals surface area contributed by atoms with Crippen LogP contribution < -0.4 is 9.84 Å². The smallest absolute Gasteiger partial charge is 0.190 e. The zero-order valence-electron chi connectivity index (χ0n) is 6.73. The monoisotopic (exact) mass is 179 g/mol. The van der Waals surface area contributed by atoms with E-state index in [1.807, 2.05) is 0 Å². The maximum absolute atomic E-state index is 10.6. The van der Waals surface area contributed by atoms with Crippen LogP contribution in [0.1, 0.15) is 11.7 Å². The number of aliphatic carboxylic acids is 1. The number of benzene rings is 1. The van der Waals surface area contributed by atoms with E-state index in [0.29, 0.717) is 11.3 Å². The standard InChI is InChI=1S/C9H8O4/c10-9(11)8-6-3-1-2-4-7(6)12-5-13-8/h1-4,8H,5H2,(H,10,11)/p-1/t8-/m1/s1. The quantitative estimate of drug-likeness (QED) is 0.601. The van der Waals surface area contributed by atoms with Crippen molar-refractivity contribution >= 4 is 5.97 Å². The fraction of sp³-hybridized carbons (Fsp3) is 0.222. The number of rotatable bonds is 1. The topological polar surface area (TPSA) is 58.6 Å². The van der Waals surface area contributed by atoms with Gasteiger partial charge in [0.05, 0.1) is 5.97 Å². The predicted octanol–water partition coefficient (Wildman–Crippen LogP) is -0.156. The predicted molar refractivity (Wildman–Crippen MR) is 40.8 cm³/mol. The molecule has 0 aliphatic carbocycles. The van der Waals surface area contributed by atoms with Gasteiger partial charge < -0.3 is 19.4 Å². The average Bonchev–Trinajstić information content (AvgIpc) is 2.17. The number of carboxylic acid groups (broad SMARTS) is 1.